The molecular weight excluding hydrogens is 308 g/mol. The number of carbonyl (C=O) groups is 1. The van der Waals surface area contributed by atoms with Crippen LogP contribution in [-0.4, -0.2) is 23.2 Å². The summed E-state index contributed by atoms with van der Waals surface area (Å²) >= 11 is 0. The number of carbonyl (C=O) groups excluding carboxylic acids is 1. The van der Waals surface area contributed by atoms with Gasteiger partial charge in [0.25, 0.3) is 0 Å². The lowest BCUT2D eigenvalue weighted by molar-refractivity contribution is -0.114. The van der Waals surface area contributed by atoms with Crippen LogP contribution in [0.5, 0.6) is 0 Å². The fourth-order valence-electron chi connectivity index (χ4n) is 3.38. The Morgan fingerprint density at radius 3 is 2.71 bits per heavy atom. The second-order valence-electron chi connectivity index (χ2n) is 6.48. The largest absolute Gasteiger partial charge is 0.423 e. The molecule has 6 heteroatoms. The van der Waals surface area contributed by atoms with Crippen LogP contribution in [0.2, 0.25) is 0 Å². The quantitative estimate of drug-likeness (QED) is 0.731. The summed E-state index contributed by atoms with van der Waals surface area (Å²) in [5.74, 6) is -0.180. The number of fused-ring (bicyclic) bond motifs is 1. The number of benzene rings is 1. The zero-order valence-electron chi connectivity index (χ0n) is 13.7. The second kappa shape index (κ2) is 6.75. The van der Waals surface area contributed by atoms with Gasteiger partial charge in [-0.1, -0.05) is 12.8 Å². The number of nitrogens with one attached hydrogen (secondary N) is 2. The lowest BCUT2D eigenvalue weighted by Crippen LogP contribution is -2.45. The molecular formula is C18H22N2O4. The van der Waals surface area contributed by atoms with Crippen molar-refractivity contribution >= 4 is 22.6 Å². The maximum atomic E-state index is 11.9. The Kier molecular flexibility index (Phi) is 4.69. The van der Waals surface area contributed by atoms with Crippen LogP contribution in [0, 0.1) is 0 Å². The van der Waals surface area contributed by atoms with Crippen LogP contribution in [-0.2, 0) is 11.3 Å². The van der Waals surface area contributed by atoms with Gasteiger partial charge in [0.15, 0.2) is 0 Å². The monoisotopic (exact) mass is 330 g/mol. The van der Waals surface area contributed by atoms with Crippen molar-refractivity contribution in [2.24, 2.45) is 0 Å². The first-order valence-electron chi connectivity index (χ1n) is 8.22. The van der Waals surface area contributed by atoms with Crippen LogP contribution >= 0.6 is 0 Å². The molecule has 1 heterocycles. The second-order valence-corrected chi connectivity index (χ2v) is 6.48. The molecule has 0 bridgehead atoms. The first-order chi connectivity index (χ1) is 11.5. The van der Waals surface area contributed by atoms with Gasteiger partial charge in [0, 0.05) is 42.2 Å². The van der Waals surface area contributed by atoms with Gasteiger partial charge >= 0.3 is 5.63 Å². The smallest absolute Gasteiger partial charge is 0.336 e. The van der Waals surface area contributed by atoms with Crippen LogP contribution in [0.1, 0.15) is 38.2 Å². The third kappa shape index (κ3) is 3.49. The molecule has 3 rings (SSSR count). The summed E-state index contributed by atoms with van der Waals surface area (Å²) in [5, 5.41) is 16.6. The molecule has 0 saturated heterocycles. The van der Waals surface area contributed by atoms with Gasteiger partial charge in [-0.2, -0.15) is 0 Å². The van der Waals surface area contributed by atoms with Crippen molar-refractivity contribution in [1.82, 2.24) is 5.32 Å². The molecule has 1 fully saturated rings. The lowest BCUT2D eigenvalue weighted by Gasteiger charge is -2.28. The molecule has 0 atom stereocenters. The van der Waals surface area contributed by atoms with Crippen molar-refractivity contribution in [3.63, 3.8) is 0 Å². The van der Waals surface area contributed by atoms with Crippen molar-refractivity contribution < 1.29 is 14.3 Å². The van der Waals surface area contributed by atoms with Gasteiger partial charge in [-0.15, -0.1) is 0 Å². The van der Waals surface area contributed by atoms with E-state index < -0.39 is 5.63 Å². The number of rotatable bonds is 5. The molecule has 6 nitrogen and oxygen atoms in total. The topological polar surface area (TPSA) is 91.6 Å². The first-order valence-corrected chi connectivity index (χ1v) is 8.22. The molecule has 0 unspecified atom stereocenters. The Labute approximate surface area is 139 Å². The fourth-order valence-corrected chi connectivity index (χ4v) is 3.38. The van der Waals surface area contributed by atoms with Crippen molar-refractivity contribution in [3.8, 4) is 0 Å². The van der Waals surface area contributed by atoms with E-state index in [1.165, 1.54) is 13.0 Å². The van der Waals surface area contributed by atoms with E-state index in [4.69, 9.17) is 4.42 Å². The molecule has 3 N–H and O–H groups in total. The number of anilines is 1. The summed E-state index contributed by atoms with van der Waals surface area (Å²) in [4.78, 5) is 23.0. The van der Waals surface area contributed by atoms with Gasteiger partial charge in [0.1, 0.15) is 5.58 Å². The van der Waals surface area contributed by atoms with Gasteiger partial charge in [-0.3, -0.25) is 4.79 Å². The van der Waals surface area contributed by atoms with Crippen LogP contribution < -0.4 is 16.3 Å². The number of aliphatic hydroxyl groups excluding tert-OH is 1. The van der Waals surface area contributed by atoms with Crippen molar-refractivity contribution in [3.05, 3.63) is 40.2 Å². The molecule has 1 aliphatic rings. The molecule has 24 heavy (non-hydrogen) atoms. The molecule has 1 aliphatic carbocycles. The Bertz CT molecular complexity index is 806. The van der Waals surface area contributed by atoms with Gasteiger partial charge in [-0.25, -0.2) is 4.79 Å². The number of amides is 1. The average molecular weight is 330 g/mol. The first kappa shape index (κ1) is 16.7. The summed E-state index contributed by atoms with van der Waals surface area (Å²) in [5.41, 5.74) is 1.18. The van der Waals surface area contributed by atoms with E-state index in [1.54, 1.807) is 12.1 Å². The van der Waals surface area contributed by atoms with Crippen LogP contribution in [0.25, 0.3) is 11.0 Å². The highest BCUT2D eigenvalue weighted by Crippen LogP contribution is 2.30. The van der Waals surface area contributed by atoms with E-state index in [9.17, 15) is 14.7 Å². The summed E-state index contributed by atoms with van der Waals surface area (Å²) < 4.78 is 5.26. The number of hydrogen-bond donors (Lipinski definition) is 3. The van der Waals surface area contributed by atoms with Gasteiger partial charge in [-0.05, 0) is 30.5 Å². The maximum absolute atomic E-state index is 11.9. The van der Waals surface area contributed by atoms with Crippen LogP contribution in [0.3, 0.4) is 0 Å². The van der Waals surface area contributed by atoms with E-state index in [1.807, 2.05) is 6.07 Å². The predicted molar refractivity (Wildman–Crippen MR) is 91.9 cm³/mol. The summed E-state index contributed by atoms with van der Waals surface area (Å²) in [7, 11) is 0. The van der Waals surface area contributed by atoms with E-state index >= 15 is 0 Å². The molecule has 1 aromatic heterocycles. The lowest BCUT2D eigenvalue weighted by atomic mass is 9.98. The summed E-state index contributed by atoms with van der Waals surface area (Å²) in [6.45, 7) is 2.01. The van der Waals surface area contributed by atoms with Crippen LogP contribution in [0.15, 0.2) is 33.5 Å². The molecule has 0 spiro atoms. The molecule has 0 aliphatic heterocycles. The Morgan fingerprint density at radius 1 is 1.29 bits per heavy atom. The number of hydrogen-bond acceptors (Lipinski definition) is 5. The molecule has 1 aromatic carbocycles. The number of aliphatic hydroxyl groups is 1. The van der Waals surface area contributed by atoms with Crippen LogP contribution in [0.4, 0.5) is 5.69 Å². The SMILES string of the molecule is CC(=O)Nc1ccc2c(CNC3(CO)CCCC3)cc(=O)oc2c1. The summed E-state index contributed by atoms with van der Waals surface area (Å²) in [6, 6.07) is 6.75. The zero-order chi connectivity index (χ0) is 17.2. The normalized spacial score (nSPS) is 16.4. The maximum Gasteiger partial charge on any atom is 0.336 e. The predicted octanol–water partition coefficient (Wildman–Crippen LogP) is 2.15. The van der Waals surface area contributed by atoms with E-state index in [0.717, 1.165) is 36.6 Å². The standard InChI is InChI=1S/C18H22N2O4/c1-12(22)20-14-4-5-15-13(8-17(23)24-16(15)9-14)10-19-18(11-21)6-2-3-7-18/h4-5,8-9,19,21H,2-3,6-7,10-11H2,1H3,(H,20,22). The van der Waals surface area contributed by atoms with Crippen molar-refractivity contribution in [2.45, 2.75) is 44.7 Å². The molecule has 1 amide bonds. The minimum Gasteiger partial charge on any atom is -0.423 e. The fraction of sp³-hybridized carbons (Fsp3) is 0.444. The molecule has 2 aromatic rings. The molecule has 128 valence electrons. The third-order valence-corrected chi connectivity index (χ3v) is 4.67. The van der Waals surface area contributed by atoms with Crippen molar-refractivity contribution in [2.75, 3.05) is 11.9 Å². The third-order valence-electron chi connectivity index (χ3n) is 4.67. The molecule has 1 saturated carbocycles. The minimum atomic E-state index is -0.427. The van der Waals surface area contributed by atoms with Gasteiger partial charge in [0.05, 0.1) is 6.61 Å². The molecule has 0 radical (unpaired) electrons. The van der Waals surface area contributed by atoms with E-state index in [-0.39, 0.29) is 18.1 Å². The highest BCUT2D eigenvalue weighted by atomic mass is 16.4. The van der Waals surface area contributed by atoms with Gasteiger partial charge < -0.3 is 20.2 Å². The Balaban J connectivity index is 1.90. The Morgan fingerprint density at radius 2 is 2.04 bits per heavy atom. The zero-order valence-corrected chi connectivity index (χ0v) is 13.7. The van der Waals surface area contributed by atoms with Gasteiger partial charge in [0.2, 0.25) is 5.91 Å². The van der Waals surface area contributed by atoms with Crippen molar-refractivity contribution in [1.29, 1.82) is 0 Å². The average Bonchev–Trinajstić information content (AvgIpc) is 3.01. The van der Waals surface area contributed by atoms with E-state index in [2.05, 4.69) is 10.6 Å². The van der Waals surface area contributed by atoms with E-state index in [0.29, 0.717) is 17.8 Å². The minimum absolute atomic E-state index is 0.0963. The summed E-state index contributed by atoms with van der Waals surface area (Å²) in [6.07, 6.45) is 4.09. The highest BCUT2D eigenvalue weighted by molar-refractivity contribution is 5.92. The Hall–Kier alpha value is -2.18. The highest BCUT2D eigenvalue weighted by Gasteiger charge is 2.32.